The lowest BCUT2D eigenvalue weighted by Crippen LogP contribution is -2.11. The van der Waals surface area contributed by atoms with Gasteiger partial charge in [0.1, 0.15) is 11.5 Å². The number of nitro benzene ring substituents is 1. The molecule has 0 saturated heterocycles. The first-order chi connectivity index (χ1) is 10.2. The molecule has 2 aromatic rings. The first kappa shape index (κ1) is 16.2. The van der Waals surface area contributed by atoms with Crippen molar-refractivity contribution in [3.05, 3.63) is 52.1 Å². The summed E-state index contributed by atoms with van der Waals surface area (Å²) in [5.74, 6) is 0.195. The van der Waals surface area contributed by atoms with Crippen LogP contribution in [0.3, 0.4) is 0 Å². The fourth-order valence-corrected chi connectivity index (χ4v) is 2.92. The maximum atomic E-state index is 10.7. The summed E-state index contributed by atoms with van der Waals surface area (Å²) in [5, 5.41) is 30.9. The zero-order valence-electron chi connectivity index (χ0n) is 12.5. The summed E-state index contributed by atoms with van der Waals surface area (Å²) in [5.41, 5.74) is 0.352. The molecule has 0 aromatic heterocycles. The number of non-ortho nitro benzene ring substituents is 1. The van der Waals surface area contributed by atoms with Crippen molar-refractivity contribution in [1.82, 2.24) is 0 Å². The Morgan fingerprint density at radius 2 is 1.68 bits per heavy atom. The van der Waals surface area contributed by atoms with Crippen molar-refractivity contribution in [1.29, 1.82) is 0 Å². The predicted octanol–water partition coefficient (Wildman–Crippen LogP) is 4.45. The second-order valence-electron chi connectivity index (χ2n) is 5.94. The van der Waals surface area contributed by atoms with Crippen LogP contribution in [0.1, 0.15) is 26.3 Å². The monoisotopic (exact) mass is 319 g/mol. The van der Waals surface area contributed by atoms with Crippen molar-refractivity contribution in [2.24, 2.45) is 0 Å². The number of hydrogen-bond acceptors (Lipinski definition) is 5. The molecule has 0 atom stereocenters. The Kier molecular flexibility index (Phi) is 4.32. The normalized spacial score (nSPS) is 11.4. The molecule has 0 aliphatic rings. The summed E-state index contributed by atoms with van der Waals surface area (Å²) in [6.07, 6.45) is 0. The number of nitro groups is 1. The molecule has 0 radical (unpaired) electrons. The van der Waals surface area contributed by atoms with Crippen molar-refractivity contribution in [2.75, 3.05) is 0 Å². The largest absolute Gasteiger partial charge is 0.508 e. The van der Waals surface area contributed by atoms with E-state index in [0.717, 1.165) is 4.90 Å². The molecule has 2 N–H and O–H groups in total. The van der Waals surface area contributed by atoms with Gasteiger partial charge in [-0.15, -0.1) is 0 Å². The van der Waals surface area contributed by atoms with Gasteiger partial charge >= 0.3 is 0 Å². The van der Waals surface area contributed by atoms with Crippen LogP contribution in [0.4, 0.5) is 5.69 Å². The summed E-state index contributed by atoms with van der Waals surface area (Å²) in [6.45, 7) is 5.84. The molecule has 0 saturated carbocycles. The van der Waals surface area contributed by atoms with E-state index in [1.165, 1.54) is 30.0 Å². The maximum Gasteiger partial charge on any atom is 0.269 e. The van der Waals surface area contributed by atoms with Gasteiger partial charge in [-0.2, -0.15) is 0 Å². The molecule has 6 heteroatoms. The second-order valence-corrected chi connectivity index (χ2v) is 7.06. The topological polar surface area (TPSA) is 83.6 Å². The number of rotatable bonds is 3. The smallest absolute Gasteiger partial charge is 0.269 e. The molecule has 0 amide bonds. The number of hydrogen-bond donors (Lipinski definition) is 2. The van der Waals surface area contributed by atoms with Crippen molar-refractivity contribution in [3.8, 4) is 11.5 Å². The van der Waals surface area contributed by atoms with Gasteiger partial charge in [-0.1, -0.05) is 32.5 Å². The lowest BCUT2D eigenvalue weighted by molar-refractivity contribution is -0.384. The van der Waals surface area contributed by atoms with Crippen molar-refractivity contribution < 1.29 is 15.1 Å². The van der Waals surface area contributed by atoms with Crippen molar-refractivity contribution in [2.45, 2.75) is 36.0 Å². The number of benzene rings is 2. The molecule has 0 heterocycles. The predicted molar refractivity (Wildman–Crippen MR) is 85.7 cm³/mol. The molecule has 2 aromatic carbocycles. The fraction of sp³-hybridized carbons (Fsp3) is 0.250. The van der Waals surface area contributed by atoms with Gasteiger partial charge in [0.2, 0.25) is 0 Å². The number of nitrogens with zero attached hydrogens (tertiary/aromatic N) is 1. The molecular formula is C16H17NO4S. The standard InChI is InChI=1S/C16H17NO4S/c1-16(2,3)13-8-11(18)9-14(15(13)19)22-12-6-4-10(5-7-12)17(20)21/h4-9,18-19H,1-3H3. The summed E-state index contributed by atoms with van der Waals surface area (Å²) in [6, 6.07) is 9.08. The summed E-state index contributed by atoms with van der Waals surface area (Å²) < 4.78 is 0. The van der Waals surface area contributed by atoms with Gasteiger partial charge in [-0.05, 0) is 29.7 Å². The highest BCUT2D eigenvalue weighted by atomic mass is 32.2. The van der Waals surface area contributed by atoms with Crippen LogP contribution in [0.2, 0.25) is 0 Å². The molecule has 0 aliphatic heterocycles. The molecule has 2 rings (SSSR count). The first-order valence-electron chi connectivity index (χ1n) is 6.67. The average molecular weight is 319 g/mol. The fourth-order valence-electron chi connectivity index (χ4n) is 2.01. The van der Waals surface area contributed by atoms with Gasteiger partial charge in [-0.25, -0.2) is 0 Å². The van der Waals surface area contributed by atoms with E-state index >= 15 is 0 Å². The van der Waals surface area contributed by atoms with Gasteiger partial charge in [0, 0.05) is 22.6 Å². The molecule has 0 aliphatic carbocycles. The van der Waals surface area contributed by atoms with Gasteiger partial charge in [0.05, 0.1) is 9.82 Å². The number of phenols is 2. The number of phenolic OH excluding ortho intramolecular Hbond substituents is 2. The summed E-state index contributed by atoms with van der Waals surface area (Å²) in [4.78, 5) is 11.4. The van der Waals surface area contributed by atoms with E-state index in [4.69, 9.17) is 0 Å². The zero-order valence-corrected chi connectivity index (χ0v) is 13.3. The highest BCUT2D eigenvalue weighted by molar-refractivity contribution is 7.99. The lowest BCUT2D eigenvalue weighted by atomic mass is 9.86. The van der Waals surface area contributed by atoms with Gasteiger partial charge in [-0.3, -0.25) is 10.1 Å². The quantitative estimate of drug-likeness (QED) is 0.496. The molecular weight excluding hydrogens is 302 g/mol. The third-order valence-corrected chi connectivity index (χ3v) is 4.18. The third kappa shape index (κ3) is 3.51. The molecule has 22 heavy (non-hydrogen) atoms. The molecule has 0 bridgehead atoms. The van der Waals surface area contributed by atoms with E-state index in [0.29, 0.717) is 10.5 Å². The second kappa shape index (κ2) is 5.88. The van der Waals surface area contributed by atoms with Gasteiger partial charge < -0.3 is 10.2 Å². The van der Waals surface area contributed by atoms with Crippen molar-refractivity contribution >= 4 is 17.4 Å². The molecule has 116 valence electrons. The highest BCUT2D eigenvalue weighted by Gasteiger charge is 2.22. The van der Waals surface area contributed by atoms with E-state index in [2.05, 4.69) is 0 Å². The Morgan fingerprint density at radius 1 is 1.09 bits per heavy atom. The van der Waals surface area contributed by atoms with Crippen LogP contribution in [-0.2, 0) is 5.41 Å². The van der Waals surface area contributed by atoms with Crippen LogP contribution in [0.15, 0.2) is 46.2 Å². The summed E-state index contributed by atoms with van der Waals surface area (Å²) in [7, 11) is 0. The van der Waals surface area contributed by atoms with Crippen LogP contribution in [0.5, 0.6) is 11.5 Å². The minimum atomic E-state index is -0.460. The Bertz CT molecular complexity index is 705. The van der Waals surface area contributed by atoms with E-state index in [9.17, 15) is 20.3 Å². The Balaban J connectivity index is 2.37. The van der Waals surface area contributed by atoms with Gasteiger partial charge in [0.15, 0.2) is 0 Å². The van der Waals surface area contributed by atoms with Gasteiger partial charge in [0.25, 0.3) is 5.69 Å². The van der Waals surface area contributed by atoms with Crippen LogP contribution in [0.25, 0.3) is 0 Å². The zero-order chi connectivity index (χ0) is 16.5. The average Bonchev–Trinajstić information content (AvgIpc) is 2.42. The molecule has 0 unspecified atom stereocenters. The van der Waals surface area contributed by atoms with Crippen LogP contribution in [0, 0.1) is 10.1 Å². The van der Waals surface area contributed by atoms with E-state index in [1.54, 1.807) is 18.2 Å². The van der Waals surface area contributed by atoms with E-state index in [1.807, 2.05) is 20.8 Å². The minimum Gasteiger partial charge on any atom is -0.508 e. The maximum absolute atomic E-state index is 10.7. The van der Waals surface area contributed by atoms with Crippen LogP contribution >= 0.6 is 11.8 Å². The molecule has 0 spiro atoms. The number of aromatic hydroxyl groups is 2. The van der Waals surface area contributed by atoms with E-state index < -0.39 is 4.92 Å². The van der Waals surface area contributed by atoms with Crippen LogP contribution in [-0.4, -0.2) is 15.1 Å². The molecule has 0 fully saturated rings. The minimum absolute atomic E-state index is 0.0138. The third-order valence-electron chi connectivity index (χ3n) is 3.14. The first-order valence-corrected chi connectivity index (χ1v) is 7.49. The Labute approximate surface area is 132 Å². The Morgan fingerprint density at radius 3 is 2.18 bits per heavy atom. The van der Waals surface area contributed by atoms with Crippen molar-refractivity contribution in [3.63, 3.8) is 0 Å². The highest BCUT2D eigenvalue weighted by Crippen LogP contribution is 2.43. The van der Waals surface area contributed by atoms with Crippen LogP contribution < -0.4 is 0 Å². The lowest BCUT2D eigenvalue weighted by Gasteiger charge is -2.22. The SMILES string of the molecule is CC(C)(C)c1cc(O)cc(Sc2ccc([N+](=O)[O-])cc2)c1O. The molecule has 5 nitrogen and oxygen atoms in total. The summed E-state index contributed by atoms with van der Waals surface area (Å²) >= 11 is 1.25. The Hall–Kier alpha value is -2.21. The van der Waals surface area contributed by atoms with E-state index in [-0.39, 0.29) is 22.6 Å².